The largest absolute Gasteiger partial charge is 0.377 e. The van der Waals surface area contributed by atoms with Crippen molar-refractivity contribution in [3.8, 4) is 0 Å². The maximum atomic E-state index is 11.3. The highest BCUT2D eigenvalue weighted by molar-refractivity contribution is 5.58. The average molecular weight is 292 g/mol. The molecule has 1 heterocycles. The van der Waals surface area contributed by atoms with Gasteiger partial charge in [0.25, 0.3) is 5.69 Å². The fraction of sp³-hybridized carbons (Fsp3) is 0. The van der Waals surface area contributed by atoms with Crippen LogP contribution >= 0.6 is 0 Å². The molecule has 21 heavy (non-hydrogen) atoms. The first-order valence-corrected chi connectivity index (χ1v) is 5.47. The summed E-state index contributed by atoms with van der Waals surface area (Å²) >= 11 is 0. The monoisotopic (exact) mass is 292 g/mol. The van der Waals surface area contributed by atoms with Crippen molar-refractivity contribution in [2.24, 2.45) is 0 Å². The maximum absolute atomic E-state index is 11.3. The summed E-state index contributed by atoms with van der Waals surface area (Å²) in [6.07, 6.45) is 1.01. The molecule has 0 radical (unpaired) electrons. The lowest BCUT2D eigenvalue weighted by Crippen LogP contribution is -2.18. The molecule has 0 unspecified atom stereocenters. The number of aromatic amines is 1. The van der Waals surface area contributed by atoms with E-state index in [0.29, 0.717) is 5.69 Å². The zero-order valence-electron chi connectivity index (χ0n) is 10.3. The summed E-state index contributed by atoms with van der Waals surface area (Å²) in [6.45, 7) is 0. The van der Waals surface area contributed by atoms with E-state index in [9.17, 15) is 25.0 Å². The van der Waals surface area contributed by atoms with Gasteiger partial charge in [-0.2, -0.15) is 0 Å². The molecular weight excluding hydrogens is 284 g/mol. The molecule has 3 N–H and O–H groups in total. The van der Waals surface area contributed by atoms with Gasteiger partial charge in [-0.15, -0.1) is 0 Å². The Morgan fingerprint density at radius 2 is 1.71 bits per heavy atom. The van der Waals surface area contributed by atoms with Gasteiger partial charge in [0.1, 0.15) is 0 Å². The second-order valence-corrected chi connectivity index (χ2v) is 3.74. The number of rotatable bonds is 5. The molecule has 2 rings (SSSR count). The van der Waals surface area contributed by atoms with Crippen molar-refractivity contribution in [1.82, 2.24) is 9.97 Å². The Morgan fingerprint density at radius 3 is 2.29 bits per heavy atom. The molecule has 1 aromatic carbocycles. The van der Waals surface area contributed by atoms with Crippen LogP contribution in [-0.2, 0) is 0 Å². The van der Waals surface area contributed by atoms with Crippen molar-refractivity contribution in [1.29, 1.82) is 0 Å². The predicted molar refractivity (Wildman–Crippen MR) is 71.9 cm³/mol. The number of anilines is 2. The Labute approximate surface area is 115 Å². The lowest BCUT2D eigenvalue weighted by Gasteiger charge is -2.08. The molecule has 0 aliphatic rings. The van der Waals surface area contributed by atoms with E-state index in [1.54, 1.807) is 0 Å². The minimum Gasteiger partial charge on any atom is -0.307 e. The van der Waals surface area contributed by atoms with E-state index in [0.717, 1.165) is 6.33 Å². The van der Waals surface area contributed by atoms with Crippen molar-refractivity contribution >= 4 is 22.9 Å². The molecule has 0 atom stereocenters. The third-order valence-electron chi connectivity index (χ3n) is 2.41. The second kappa shape index (κ2) is 5.64. The van der Waals surface area contributed by atoms with E-state index in [1.807, 2.05) is 0 Å². The van der Waals surface area contributed by atoms with Gasteiger partial charge in [-0.3, -0.25) is 35.9 Å². The summed E-state index contributed by atoms with van der Waals surface area (Å²) in [4.78, 5) is 36.9. The molecule has 0 amide bonds. The first-order chi connectivity index (χ1) is 9.99. The summed E-state index contributed by atoms with van der Waals surface area (Å²) in [5.41, 5.74) is 3.62. The van der Waals surface area contributed by atoms with Crippen molar-refractivity contribution in [3.63, 3.8) is 0 Å². The summed E-state index contributed by atoms with van der Waals surface area (Å²) in [7, 11) is 0. The van der Waals surface area contributed by atoms with Crippen LogP contribution in [0.1, 0.15) is 0 Å². The first-order valence-electron chi connectivity index (χ1n) is 5.47. The van der Waals surface area contributed by atoms with Gasteiger partial charge in [-0.1, -0.05) is 0 Å². The summed E-state index contributed by atoms with van der Waals surface area (Å²) in [6, 6.07) is 5.29. The number of benzene rings is 1. The maximum Gasteiger partial charge on any atom is 0.377 e. The molecule has 1 aromatic heterocycles. The van der Waals surface area contributed by atoms with E-state index >= 15 is 0 Å². The van der Waals surface area contributed by atoms with Crippen LogP contribution in [0.2, 0.25) is 0 Å². The Kier molecular flexibility index (Phi) is 3.74. The Morgan fingerprint density at radius 1 is 1.05 bits per heavy atom. The third kappa shape index (κ3) is 3.09. The smallest absolute Gasteiger partial charge is 0.307 e. The molecule has 11 nitrogen and oxygen atoms in total. The predicted octanol–water partition coefficient (Wildman–Crippen LogP) is 1.03. The minimum atomic E-state index is -0.900. The molecule has 2 aromatic rings. The highest BCUT2D eigenvalue weighted by Gasteiger charge is 2.20. The Balaban J connectivity index is 2.17. The van der Waals surface area contributed by atoms with Crippen LogP contribution < -0.4 is 16.4 Å². The molecular formula is C10H8N6O5. The van der Waals surface area contributed by atoms with Gasteiger partial charge in [-0.25, -0.2) is 4.98 Å². The fourth-order valence-corrected chi connectivity index (χ4v) is 1.45. The average Bonchev–Trinajstić information content (AvgIpc) is 2.45. The highest BCUT2D eigenvalue weighted by Crippen LogP contribution is 2.18. The fourth-order valence-electron chi connectivity index (χ4n) is 1.45. The number of aromatic nitrogens is 2. The summed E-state index contributed by atoms with van der Waals surface area (Å²) < 4.78 is 0. The van der Waals surface area contributed by atoms with Crippen LogP contribution in [0.5, 0.6) is 0 Å². The number of hydrazine groups is 1. The molecule has 0 saturated carbocycles. The molecule has 11 heteroatoms. The van der Waals surface area contributed by atoms with Crippen molar-refractivity contribution in [2.75, 3.05) is 10.9 Å². The zero-order valence-corrected chi connectivity index (χ0v) is 10.3. The van der Waals surface area contributed by atoms with Crippen LogP contribution in [0.25, 0.3) is 0 Å². The summed E-state index contributed by atoms with van der Waals surface area (Å²) in [5, 5.41) is 21.3. The van der Waals surface area contributed by atoms with E-state index in [4.69, 9.17) is 0 Å². The molecule has 0 saturated heterocycles. The van der Waals surface area contributed by atoms with Crippen molar-refractivity contribution in [3.05, 3.63) is 61.2 Å². The van der Waals surface area contributed by atoms with Gasteiger partial charge < -0.3 is 4.98 Å². The molecule has 0 fully saturated rings. The number of hydrogen-bond donors (Lipinski definition) is 3. The number of nitro groups is 2. The molecule has 0 bridgehead atoms. The van der Waals surface area contributed by atoms with E-state index < -0.39 is 21.1 Å². The zero-order chi connectivity index (χ0) is 15.4. The molecule has 0 aliphatic carbocycles. The van der Waals surface area contributed by atoms with Gasteiger partial charge in [0.15, 0.2) is 0 Å². The van der Waals surface area contributed by atoms with Gasteiger partial charge in [0.05, 0.1) is 21.9 Å². The molecule has 0 spiro atoms. The van der Waals surface area contributed by atoms with Gasteiger partial charge in [0, 0.05) is 12.1 Å². The molecule has 108 valence electrons. The quantitative estimate of drug-likeness (QED) is 0.544. The van der Waals surface area contributed by atoms with Crippen LogP contribution in [0, 0.1) is 20.2 Å². The minimum absolute atomic E-state index is 0.0965. The standard InChI is InChI=1S/C10H8N6O5/c17-10-8(16(20)21)9(11-5-12-10)14-13-6-1-3-7(4-2-6)15(18)19/h1-5,13H,(H2,11,12,14,17). The van der Waals surface area contributed by atoms with E-state index in [-0.39, 0.29) is 11.5 Å². The van der Waals surface area contributed by atoms with Gasteiger partial charge >= 0.3 is 11.2 Å². The van der Waals surface area contributed by atoms with Crippen molar-refractivity contribution in [2.45, 2.75) is 0 Å². The van der Waals surface area contributed by atoms with E-state index in [1.165, 1.54) is 24.3 Å². The number of nitrogens with zero attached hydrogens (tertiary/aromatic N) is 3. The molecule has 0 aliphatic heterocycles. The Hall–Kier alpha value is -3.50. The van der Waals surface area contributed by atoms with Gasteiger partial charge in [0.2, 0.25) is 5.82 Å². The third-order valence-corrected chi connectivity index (χ3v) is 2.41. The van der Waals surface area contributed by atoms with Crippen LogP contribution in [0.15, 0.2) is 35.4 Å². The van der Waals surface area contributed by atoms with Gasteiger partial charge in [-0.05, 0) is 12.1 Å². The SMILES string of the molecule is O=c1[nH]cnc(NNc2ccc([N+](=O)[O-])cc2)c1[N+](=O)[O-]. The van der Waals surface area contributed by atoms with E-state index in [2.05, 4.69) is 20.8 Å². The summed E-state index contributed by atoms with van der Waals surface area (Å²) in [5.74, 6) is -0.276. The Bertz CT molecular complexity index is 740. The lowest BCUT2D eigenvalue weighted by atomic mass is 10.3. The second-order valence-electron chi connectivity index (χ2n) is 3.74. The highest BCUT2D eigenvalue weighted by atomic mass is 16.6. The first kappa shape index (κ1) is 13.9. The number of nitro benzene ring substituents is 1. The van der Waals surface area contributed by atoms with Crippen LogP contribution in [-0.4, -0.2) is 19.8 Å². The number of H-pyrrole nitrogens is 1. The van der Waals surface area contributed by atoms with Crippen LogP contribution in [0.3, 0.4) is 0 Å². The number of non-ortho nitro benzene ring substituents is 1. The van der Waals surface area contributed by atoms with Crippen LogP contribution in [0.4, 0.5) is 22.9 Å². The normalized spacial score (nSPS) is 9.90. The topological polar surface area (TPSA) is 156 Å². The van der Waals surface area contributed by atoms with Crippen molar-refractivity contribution < 1.29 is 9.85 Å². The number of nitrogens with one attached hydrogen (secondary N) is 3. The number of hydrogen-bond acceptors (Lipinski definition) is 8. The lowest BCUT2D eigenvalue weighted by molar-refractivity contribution is -0.385.